The Balaban J connectivity index is 1.96. The van der Waals surface area contributed by atoms with Crippen LogP contribution in [-0.2, 0) is 11.2 Å². The summed E-state index contributed by atoms with van der Waals surface area (Å²) in [4.78, 5) is 12.0. The summed E-state index contributed by atoms with van der Waals surface area (Å²) in [6.45, 7) is 4.66. The lowest BCUT2D eigenvalue weighted by molar-refractivity contribution is -0.118. The number of carbonyl (C=O) groups is 1. The van der Waals surface area contributed by atoms with Crippen molar-refractivity contribution in [2.24, 2.45) is 0 Å². The molecule has 18 heavy (non-hydrogen) atoms. The summed E-state index contributed by atoms with van der Waals surface area (Å²) in [5, 5.41) is 3.21. The first-order chi connectivity index (χ1) is 8.66. The first-order valence-corrected chi connectivity index (χ1v) is 6.99. The van der Waals surface area contributed by atoms with Crippen molar-refractivity contribution in [3.63, 3.8) is 0 Å². The predicted octanol–water partition coefficient (Wildman–Crippen LogP) is 3.06. The molecule has 0 spiro atoms. The molecule has 1 atom stereocenters. The topological polar surface area (TPSA) is 29.1 Å². The maximum Gasteiger partial charge on any atom is 0.147 e. The van der Waals surface area contributed by atoms with Crippen molar-refractivity contribution in [3.05, 3.63) is 35.4 Å². The quantitative estimate of drug-likeness (QED) is 0.864. The molecule has 1 aromatic rings. The van der Waals surface area contributed by atoms with Crippen LogP contribution in [0, 0.1) is 0 Å². The molecule has 2 nitrogen and oxygen atoms in total. The molecule has 2 rings (SSSR count). The third kappa shape index (κ3) is 3.42. The smallest absolute Gasteiger partial charge is 0.147 e. The fourth-order valence-electron chi connectivity index (χ4n) is 2.73. The van der Waals surface area contributed by atoms with Crippen molar-refractivity contribution in [2.75, 3.05) is 6.54 Å². The van der Waals surface area contributed by atoms with E-state index in [-0.39, 0.29) is 0 Å². The van der Waals surface area contributed by atoms with Crippen LogP contribution in [0.4, 0.5) is 0 Å². The zero-order valence-corrected chi connectivity index (χ0v) is 11.4. The van der Waals surface area contributed by atoms with Gasteiger partial charge in [-0.1, -0.05) is 38.1 Å². The van der Waals surface area contributed by atoms with Gasteiger partial charge in [0.15, 0.2) is 0 Å². The number of hydrogen-bond donors (Lipinski definition) is 1. The summed E-state index contributed by atoms with van der Waals surface area (Å²) in [6, 6.07) is 8.98. The molecule has 0 radical (unpaired) electrons. The predicted molar refractivity (Wildman–Crippen MR) is 74.9 cm³/mol. The number of nitrogens with one attached hydrogen (secondary N) is 1. The fraction of sp³-hybridized carbons (Fsp3) is 0.562. The van der Waals surface area contributed by atoms with E-state index in [4.69, 9.17) is 0 Å². The highest BCUT2D eigenvalue weighted by atomic mass is 16.1. The van der Waals surface area contributed by atoms with Gasteiger partial charge in [-0.05, 0) is 36.3 Å². The Morgan fingerprint density at radius 1 is 1.39 bits per heavy atom. The van der Waals surface area contributed by atoms with Gasteiger partial charge in [-0.3, -0.25) is 4.79 Å². The van der Waals surface area contributed by atoms with Crippen molar-refractivity contribution in [1.29, 1.82) is 0 Å². The highest BCUT2D eigenvalue weighted by Crippen LogP contribution is 2.33. The SMILES string of the molecule is CC(C)NCC(=O)CC1CCCc2ccccc21. The summed E-state index contributed by atoms with van der Waals surface area (Å²) >= 11 is 0. The highest BCUT2D eigenvalue weighted by Gasteiger charge is 2.21. The third-order valence-corrected chi connectivity index (χ3v) is 3.68. The second-order valence-electron chi connectivity index (χ2n) is 5.57. The van der Waals surface area contributed by atoms with E-state index in [2.05, 4.69) is 43.4 Å². The summed E-state index contributed by atoms with van der Waals surface area (Å²) in [7, 11) is 0. The van der Waals surface area contributed by atoms with Crippen molar-refractivity contribution >= 4 is 5.78 Å². The first kappa shape index (κ1) is 13.3. The molecule has 0 saturated heterocycles. The maximum absolute atomic E-state index is 12.0. The summed E-state index contributed by atoms with van der Waals surface area (Å²) in [5.41, 5.74) is 2.85. The molecule has 2 heteroatoms. The van der Waals surface area contributed by atoms with E-state index in [1.807, 2.05) is 0 Å². The van der Waals surface area contributed by atoms with E-state index in [0.717, 1.165) is 6.42 Å². The molecular weight excluding hydrogens is 222 g/mol. The Morgan fingerprint density at radius 2 is 2.17 bits per heavy atom. The minimum absolute atomic E-state index is 0.338. The van der Waals surface area contributed by atoms with Gasteiger partial charge in [0.2, 0.25) is 0 Å². The Bertz CT molecular complexity index is 411. The van der Waals surface area contributed by atoms with Crippen LogP contribution in [0.5, 0.6) is 0 Å². The van der Waals surface area contributed by atoms with Crippen LogP contribution < -0.4 is 5.32 Å². The average Bonchev–Trinajstić information content (AvgIpc) is 2.37. The van der Waals surface area contributed by atoms with Crippen LogP contribution >= 0.6 is 0 Å². The lowest BCUT2D eigenvalue weighted by Crippen LogP contribution is -2.30. The fourth-order valence-corrected chi connectivity index (χ4v) is 2.73. The number of carbonyl (C=O) groups excluding carboxylic acids is 1. The van der Waals surface area contributed by atoms with Gasteiger partial charge in [-0.2, -0.15) is 0 Å². The largest absolute Gasteiger partial charge is 0.308 e. The number of fused-ring (bicyclic) bond motifs is 1. The van der Waals surface area contributed by atoms with Crippen molar-refractivity contribution in [2.45, 2.75) is 51.5 Å². The van der Waals surface area contributed by atoms with E-state index < -0.39 is 0 Å². The summed E-state index contributed by atoms with van der Waals surface area (Å²) in [5.74, 6) is 0.779. The zero-order chi connectivity index (χ0) is 13.0. The molecule has 0 aliphatic heterocycles. The van der Waals surface area contributed by atoms with Crippen molar-refractivity contribution in [1.82, 2.24) is 5.32 Å². The van der Waals surface area contributed by atoms with E-state index in [1.54, 1.807) is 0 Å². The number of benzene rings is 1. The molecule has 1 aliphatic rings. The second-order valence-corrected chi connectivity index (χ2v) is 5.57. The lowest BCUT2D eigenvalue weighted by atomic mass is 9.80. The van der Waals surface area contributed by atoms with E-state index in [9.17, 15) is 4.79 Å². The van der Waals surface area contributed by atoms with Crippen LogP contribution in [-0.4, -0.2) is 18.4 Å². The molecule has 0 amide bonds. The van der Waals surface area contributed by atoms with Crippen molar-refractivity contribution < 1.29 is 4.79 Å². The average molecular weight is 245 g/mol. The van der Waals surface area contributed by atoms with Gasteiger partial charge in [-0.15, -0.1) is 0 Å². The van der Waals surface area contributed by atoms with Crippen LogP contribution in [0.3, 0.4) is 0 Å². The Morgan fingerprint density at radius 3 is 2.94 bits per heavy atom. The Hall–Kier alpha value is -1.15. The number of Topliss-reactive ketones (excluding diaryl/α,β-unsaturated/α-hetero) is 1. The molecule has 0 bridgehead atoms. The lowest BCUT2D eigenvalue weighted by Gasteiger charge is -2.25. The van der Waals surface area contributed by atoms with E-state index in [0.29, 0.717) is 30.7 Å². The zero-order valence-electron chi connectivity index (χ0n) is 11.4. The standard InChI is InChI=1S/C16H23NO/c1-12(2)17-11-15(18)10-14-8-5-7-13-6-3-4-9-16(13)14/h3-4,6,9,12,14,17H,5,7-8,10-11H2,1-2H3. The molecule has 1 aliphatic carbocycles. The Labute approximate surface area is 110 Å². The second kappa shape index (κ2) is 6.14. The van der Waals surface area contributed by atoms with Gasteiger partial charge in [0.05, 0.1) is 6.54 Å². The van der Waals surface area contributed by atoms with Gasteiger partial charge in [-0.25, -0.2) is 0 Å². The van der Waals surface area contributed by atoms with E-state index >= 15 is 0 Å². The summed E-state index contributed by atoms with van der Waals surface area (Å²) in [6.07, 6.45) is 4.23. The number of rotatable bonds is 5. The number of hydrogen-bond acceptors (Lipinski definition) is 2. The van der Waals surface area contributed by atoms with Gasteiger partial charge in [0.25, 0.3) is 0 Å². The van der Waals surface area contributed by atoms with Gasteiger partial charge in [0, 0.05) is 12.5 Å². The van der Waals surface area contributed by atoms with Gasteiger partial charge in [0.1, 0.15) is 5.78 Å². The number of aryl methyl sites for hydroxylation is 1. The monoisotopic (exact) mass is 245 g/mol. The first-order valence-electron chi connectivity index (χ1n) is 6.99. The molecule has 98 valence electrons. The van der Waals surface area contributed by atoms with Gasteiger partial charge < -0.3 is 5.32 Å². The van der Waals surface area contributed by atoms with E-state index in [1.165, 1.54) is 24.0 Å². The minimum atomic E-state index is 0.338. The van der Waals surface area contributed by atoms with Gasteiger partial charge >= 0.3 is 0 Å². The maximum atomic E-state index is 12.0. The highest BCUT2D eigenvalue weighted by molar-refractivity contribution is 5.81. The van der Waals surface area contributed by atoms with Crippen LogP contribution in [0.2, 0.25) is 0 Å². The molecular formula is C16H23NO. The molecule has 0 aromatic heterocycles. The third-order valence-electron chi connectivity index (χ3n) is 3.68. The van der Waals surface area contributed by atoms with Crippen LogP contribution in [0.25, 0.3) is 0 Å². The molecule has 1 aromatic carbocycles. The minimum Gasteiger partial charge on any atom is -0.308 e. The van der Waals surface area contributed by atoms with Crippen molar-refractivity contribution in [3.8, 4) is 0 Å². The normalized spacial score (nSPS) is 18.7. The molecule has 0 saturated carbocycles. The Kier molecular flexibility index (Phi) is 4.54. The number of ketones is 1. The summed E-state index contributed by atoms with van der Waals surface area (Å²) < 4.78 is 0. The van der Waals surface area contributed by atoms with Crippen LogP contribution in [0.1, 0.15) is 50.2 Å². The molecule has 1 unspecified atom stereocenters. The van der Waals surface area contributed by atoms with Crippen LogP contribution in [0.15, 0.2) is 24.3 Å². The molecule has 1 N–H and O–H groups in total. The molecule has 0 heterocycles. The molecule has 0 fully saturated rings.